The number of aliphatic hydroxyl groups is 2. The molecule has 0 aromatic rings. The van der Waals surface area contributed by atoms with Gasteiger partial charge in [-0.05, 0) is 20.3 Å². The molecule has 1 amide bonds. The summed E-state index contributed by atoms with van der Waals surface area (Å²) in [4.78, 5) is 10.6. The third kappa shape index (κ3) is 43.6. The van der Waals surface area contributed by atoms with Gasteiger partial charge >= 0.3 is 0 Å². The van der Waals surface area contributed by atoms with Crippen LogP contribution in [0.25, 0.3) is 0 Å². The molecule has 0 aromatic heterocycles. The summed E-state index contributed by atoms with van der Waals surface area (Å²) in [6, 6.07) is 0. The van der Waals surface area contributed by atoms with Crippen molar-refractivity contribution in [3.05, 3.63) is 0 Å². The summed E-state index contributed by atoms with van der Waals surface area (Å²) >= 11 is 0. The van der Waals surface area contributed by atoms with E-state index in [1.165, 1.54) is 89.9 Å². The van der Waals surface area contributed by atoms with E-state index in [2.05, 4.69) is 6.92 Å². The van der Waals surface area contributed by atoms with Gasteiger partial charge in [-0.15, -0.1) is 0 Å². The van der Waals surface area contributed by atoms with Crippen LogP contribution in [-0.4, -0.2) is 29.3 Å². The molecule has 4 N–H and O–H groups in total. The van der Waals surface area contributed by atoms with Gasteiger partial charge in [0, 0.05) is 19.6 Å². The summed E-state index contributed by atoms with van der Waals surface area (Å²) < 4.78 is 0. The van der Waals surface area contributed by atoms with E-state index in [0.717, 1.165) is 6.42 Å². The van der Waals surface area contributed by atoms with E-state index in [1.54, 1.807) is 13.8 Å². The number of carbonyl (C=O) groups is 1. The first-order valence-corrected chi connectivity index (χ1v) is 11.1. The molecular weight excluding hydrogens is 326 g/mol. The van der Waals surface area contributed by atoms with Crippen LogP contribution in [-0.2, 0) is 4.79 Å². The smallest absolute Gasteiger partial charge is 0.217 e. The highest BCUT2D eigenvalue weighted by molar-refractivity contribution is 5.73. The molecule has 4 nitrogen and oxygen atoms in total. The summed E-state index contributed by atoms with van der Waals surface area (Å²) in [7, 11) is 0. The lowest BCUT2D eigenvalue weighted by Crippen LogP contribution is -2.09. The lowest BCUT2D eigenvalue weighted by molar-refractivity contribution is -0.118. The van der Waals surface area contributed by atoms with E-state index in [0.29, 0.717) is 6.42 Å². The van der Waals surface area contributed by atoms with Crippen LogP contribution >= 0.6 is 0 Å². The predicted molar refractivity (Wildman–Crippen MR) is 114 cm³/mol. The third-order valence-corrected chi connectivity index (χ3v) is 4.03. The fourth-order valence-corrected chi connectivity index (χ4v) is 2.67. The molecule has 0 heterocycles. The lowest BCUT2D eigenvalue weighted by atomic mass is 10.0. The van der Waals surface area contributed by atoms with Crippen molar-refractivity contribution >= 4 is 5.91 Å². The standard InChI is InChI=1S/C18H37NO.2C2H6O/c1-2-3-4-5-6-7-8-9-10-11-12-13-14-15-16-17-18(19)20;2*1-2-3/h2-17H2,1H3,(H2,19,20);2*3H,2H2,1H3. The zero-order valence-corrected chi connectivity index (χ0v) is 18.1. The highest BCUT2D eigenvalue weighted by Crippen LogP contribution is 2.13. The second kappa shape index (κ2) is 32.1. The van der Waals surface area contributed by atoms with Gasteiger partial charge in [-0.3, -0.25) is 4.79 Å². The van der Waals surface area contributed by atoms with Gasteiger partial charge in [-0.25, -0.2) is 0 Å². The van der Waals surface area contributed by atoms with Crippen LogP contribution in [0.3, 0.4) is 0 Å². The summed E-state index contributed by atoms with van der Waals surface area (Å²) in [5.41, 5.74) is 5.11. The topological polar surface area (TPSA) is 83.6 Å². The second-order valence-corrected chi connectivity index (χ2v) is 6.80. The third-order valence-electron chi connectivity index (χ3n) is 4.03. The van der Waals surface area contributed by atoms with E-state index in [4.69, 9.17) is 15.9 Å². The van der Waals surface area contributed by atoms with Gasteiger partial charge < -0.3 is 15.9 Å². The van der Waals surface area contributed by atoms with Crippen LogP contribution in [0.15, 0.2) is 0 Å². The van der Waals surface area contributed by atoms with E-state index in [1.807, 2.05) is 0 Å². The van der Waals surface area contributed by atoms with Crippen molar-refractivity contribution in [2.45, 2.75) is 124 Å². The molecule has 26 heavy (non-hydrogen) atoms. The quantitative estimate of drug-likeness (QED) is 0.301. The molecule has 0 spiro atoms. The Balaban J connectivity index is -0.000000768. The van der Waals surface area contributed by atoms with Crippen molar-refractivity contribution in [2.75, 3.05) is 13.2 Å². The van der Waals surface area contributed by atoms with Gasteiger partial charge in [-0.1, -0.05) is 96.8 Å². The van der Waals surface area contributed by atoms with E-state index in [-0.39, 0.29) is 19.1 Å². The maximum absolute atomic E-state index is 10.6. The van der Waals surface area contributed by atoms with Gasteiger partial charge in [0.1, 0.15) is 0 Å². The van der Waals surface area contributed by atoms with Crippen molar-refractivity contribution < 1.29 is 15.0 Å². The maximum Gasteiger partial charge on any atom is 0.217 e. The average molecular weight is 376 g/mol. The average Bonchev–Trinajstić information content (AvgIpc) is 2.59. The zero-order valence-electron chi connectivity index (χ0n) is 18.1. The summed E-state index contributed by atoms with van der Waals surface area (Å²) in [5, 5.41) is 15.1. The van der Waals surface area contributed by atoms with E-state index < -0.39 is 0 Å². The lowest BCUT2D eigenvalue weighted by Gasteiger charge is -2.03. The molecule has 0 aromatic carbocycles. The molecule has 0 aliphatic heterocycles. The summed E-state index contributed by atoms with van der Waals surface area (Å²) in [5.74, 6) is -0.153. The van der Waals surface area contributed by atoms with Gasteiger partial charge in [0.15, 0.2) is 0 Å². The molecule has 0 saturated carbocycles. The largest absolute Gasteiger partial charge is 0.397 e. The number of hydrogen-bond acceptors (Lipinski definition) is 3. The Morgan fingerprint density at radius 1 is 0.577 bits per heavy atom. The highest BCUT2D eigenvalue weighted by atomic mass is 16.3. The molecule has 160 valence electrons. The first-order valence-electron chi connectivity index (χ1n) is 11.1. The molecule has 0 aliphatic carbocycles. The number of rotatable bonds is 16. The number of amides is 1. The monoisotopic (exact) mass is 375 g/mol. The summed E-state index contributed by atoms with van der Waals surface area (Å²) in [6.07, 6.45) is 20.9. The first kappa shape index (κ1) is 30.1. The minimum atomic E-state index is -0.153. The number of nitrogens with two attached hydrogens (primary N) is 1. The van der Waals surface area contributed by atoms with Crippen molar-refractivity contribution in [3.63, 3.8) is 0 Å². The van der Waals surface area contributed by atoms with Gasteiger partial charge in [0.2, 0.25) is 5.91 Å². The Hall–Kier alpha value is -0.610. The molecule has 4 heteroatoms. The van der Waals surface area contributed by atoms with Gasteiger partial charge in [0.25, 0.3) is 0 Å². The molecule has 0 fully saturated rings. The van der Waals surface area contributed by atoms with Crippen LogP contribution in [0, 0.1) is 0 Å². The first-order chi connectivity index (χ1) is 12.6. The van der Waals surface area contributed by atoms with Crippen molar-refractivity contribution in [1.29, 1.82) is 0 Å². The molecule has 0 atom stereocenters. The highest BCUT2D eigenvalue weighted by Gasteiger charge is 1.96. The van der Waals surface area contributed by atoms with Crippen LogP contribution < -0.4 is 5.73 Å². The Kier molecular flexibility index (Phi) is 37.2. The number of unbranched alkanes of at least 4 members (excludes halogenated alkanes) is 14. The molecule has 0 aliphatic rings. The van der Waals surface area contributed by atoms with E-state index in [9.17, 15) is 4.79 Å². The van der Waals surface area contributed by atoms with Gasteiger partial charge in [0.05, 0.1) is 0 Å². The van der Waals surface area contributed by atoms with Crippen LogP contribution in [0.1, 0.15) is 124 Å². The molecule has 0 saturated heterocycles. The normalized spacial score (nSPS) is 9.73. The molecule has 0 rings (SSSR count). The van der Waals surface area contributed by atoms with Crippen LogP contribution in [0.4, 0.5) is 0 Å². The van der Waals surface area contributed by atoms with Crippen LogP contribution in [0.2, 0.25) is 0 Å². The van der Waals surface area contributed by atoms with Crippen LogP contribution in [0.5, 0.6) is 0 Å². The minimum absolute atomic E-state index is 0.153. The number of aliphatic hydroxyl groups excluding tert-OH is 2. The Bertz CT molecular complexity index is 233. The van der Waals surface area contributed by atoms with E-state index >= 15 is 0 Å². The Labute approximate surface area is 164 Å². The predicted octanol–water partition coefficient (Wildman–Crippen LogP) is 5.73. The minimum Gasteiger partial charge on any atom is -0.397 e. The number of carbonyl (C=O) groups excluding carboxylic acids is 1. The second-order valence-electron chi connectivity index (χ2n) is 6.80. The Morgan fingerprint density at radius 2 is 0.808 bits per heavy atom. The molecular formula is C22H49NO3. The SMILES string of the molecule is CCCCCCCCCCCCCCCCCC(N)=O.CCO.CCO. The fourth-order valence-electron chi connectivity index (χ4n) is 2.67. The summed E-state index contributed by atoms with van der Waals surface area (Å²) in [6.45, 7) is 6.14. The fraction of sp³-hybridized carbons (Fsp3) is 0.955. The maximum atomic E-state index is 10.6. The molecule has 0 radical (unpaired) electrons. The number of primary amides is 1. The van der Waals surface area contributed by atoms with Crippen molar-refractivity contribution in [1.82, 2.24) is 0 Å². The van der Waals surface area contributed by atoms with Crippen molar-refractivity contribution in [2.24, 2.45) is 5.73 Å². The number of hydrogen-bond donors (Lipinski definition) is 3. The zero-order chi connectivity index (χ0) is 20.3. The molecule has 0 bridgehead atoms. The molecule has 0 unspecified atom stereocenters. The van der Waals surface area contributed by atoms with Crippen molar-refractivity contribution in [3.8, 4) is 0 Å². The van der Waals surface area contributed by atoms with Gasteiger partial charge in [-0.2, -0.15) is 0 Å². The Morgan fingerprint density at radius 3 is 1.04 bits per heavy atom.